The summed E-state index contributed by atoms with van der Waals surface area (Å²) in [5.41, 5.74) is 0.443. The van der Waals surface area contributed by atoms with Gasteiger partial charge in [0.2, 0.25) is 0 Å². The Hall–Kier alpha value is -1.51. The highest BCUT2D eigenvalue weighted by molar-refractivity contribution is 8.44. The van der Waals surface area contributed by atoms with Gasteiger partial charge in [0.25, 0.3) is 5.56 Å². The van der Waals surface area contributed by atoms with Crippen LogP contribution < -0.4 is 5.56 Å². The Morgan fingerprint density at radius 1 is 0.956 bits per heavy atom. The number of hydrogen-bond acceptors (Lipinski definition) is 14. The van der Waals surface area contributed by atoms with Crippen molar-refractivity contribution in [1.82, 2.24) is 29.1 Å². The van der Waals surface area contributed by atoms with Crippen LogP contribution >= 0.6 is 49.0 Å². The molecule has 6 heterocycles. The lowest BCUT2D eigenvalue weighted by Gasteiger charge is -2.27. The number of fused-ring (bicyclic) bond motifs is 5. The van der Waals surface area contributed by atoms with Crippen molar-refractivity contribution in [3.8, 4) is 0 Å². The number of thiol groups is 1. The Bertz CT molecular complexity index is 1950. The lowest BCUT2D eigenvalue weighted by Crippen LogP contribution is -2.36. The molecule has 1 aromatic carbocycles. The van der Waals surface area contributed by atoms with Crippen LogP contribution in [0.1, 0.15) is 12.5 Å². The average Bonchev–Trinajstić information content (AvgIpc) is 3.73. The van der Waals surface area contributed by atoms with Crippen LogP contribution in [0.2, 0.25) is 10.0 Å². The summed E-state index contributed by atoms with van der Waals surface area (Å²) in [4.78, 5) is 38.1. The summed E-state index contributed by atoms with van der Waals surface area (Å²) in [5, 5.41) is 23.0. The van der Waals surface area contributed by atoms with E-state index in [0.29, 0.717) is 11.0 Å². The highest BCUT2D eigenvalue weighted by Gasteiger charge is 2.52. The third kappa shape index (κ3) is 5.92. The van der Waals surface area contributed by atoms with Crippen molar-refractivity contribution in [2.75, 3.05) is 13.2 Å². The minimum Gasteiger partial charge on any atom is -0.387 e. The summed E-state index contributed by atoms with van der Waals surface area (Å²) in [6, 6.07) is 3.08. The van der Waals surface area contributed by atoms with Crippen molar-refractivity contribution in [2.45, 2.75) is 49.1 Å². The topological polar surface area (TPSA) is 215 Å². The molecule has 4 N–H and O–H groups in total. The number of hydrogen-bond donors (Lipinski definition) is 5. The maximum absolute atomic E-state index is 13.5. The first kappa shape index (κ1) is 32.1. The predicted molar refractivity (Wildman–Crippen MR) is 162 cm³/mol. The second-order valence-corrected chi connectivity index (χ2v) is 16.7. The van der Waals surface area contributed by atoms with E-state index in [1.54, 1.807) is 6.07 Å². The van der Waals surface area contributed by atoms with Crippen molar-refractivity contribution >= 4 is 83.0 Å². The summed E-state index contributed by atoms with van der Waals surface area (Å²) in [5.74, 6) is 0. The summed E-state index contributed by atoms with van der Waals surface area (Å²) >= 11 is 21.6. The maximum atomic E-state index is 13.5. The Morgan fingerprint density at radius 3 is 2.47 bits per heavy atom. The van der Waals surface area contributed by atoms with Crippen LogP contribution in [-0.2, 0) is 43.9 Å². The number of H-pyrrole nitrogens is 1. The highest BCUT2D eigenvalue weighted by atomic mass is 35.5. The minimum absolute atomic E-state index is 0.0263. The second-order valence-electron chi connectivity index (χ2n) is 10.2. The number of aliphatic hydroxyl groups is 2. The second kappa shape index (κ2) is 11.9. The first-order valence-electron chi connectivity index (χ1n) is 13.0. The molecule has 242 valence electrons. The van der Waals surface area contributed by atoms with E-state index in [0.717, 1.165) is 6.33 Å². The van der Waals surface area contributed by atoms with Gasteiger partial charge in [-0.3, -0.25) is 22.9 Å². The van der Waals surface area contributed by atoms with E-state index in [1.807, 2.05) is 0 Å². The van der Waals surface area contributed by atoms with Gasteiger partial charge < -0.3 is 38.7 Å². The summed E-state index contributed by atoms with van der Waals surface area (Å²) in [6.45, 7) is -9.56. The molecule has 7 rings (SSSR count). The Labute approximate surface area is 272 Å². The van der Waals surface area contributed by atoms with Gasteiger partial charge in [-0.05, 0) is 23.9 Å². The molecule has 23 heteroatoms. The van der Waals surface area contributed by atoms with E-state index in [4.69, 9.17) is 62.6 Å². The zero-order chi connectivity index (χ0) is 31.8. The number of aliphatic hydroxyl groups excluding tert-OH is 2. The van der Waals surface area contributed by atoms with Gasteiger partial charge in [-0.25, -0.2) is 19.5 Å². The molecule has 3 aliphatic rings. The van der Waals surface area contributed by atoms with Crippen molar-refractivity contribution in [3.05, 3.63) is 51.5 Å². The molecule has 0 aliphatic carbocycles. The Morgan fingerprint density at radius 2 is 1.67 bits per heavy atom. The maximum Gasteiger partial charge on any atom is 0.386 e. The number of nitrogens with zero attached hydrogens (tertiary/aromatic N) is 5. The quantitative estimate of drug-likeness (QED) is 0.147. The normalized spacial score (nSPS) is 37.7. The molecular weight excluding hydrogens is 721 g/mol. The van der Waals surface area contributed by atoms with Crippen LogP contribution in [0.3, 0.4) is 0 Å². The molecule has 3 aliphatic heterocycles. The Balaban J connectivity index is 1.20. The number of aromatic amines is 1. The fraction of sp³-hybridized carbons (Fsp3) is 0.455. The number of halogens is 2. The van der Waals surface area contributed by atoms with Gasteiger partial charge in [-0.2, -0.15) is 0 Å². The largest absolute Gasteiger partial charge is 0.387 e. The third-order valence-electron chi connectivity index (χ3n) is 7.47. The van der Waals surface area contributed by atoms with E-state index in [-0.39, 0.29) is 21.2 Å². The van der Waals surface area contributed by atoms with Gasteiger partial charge in [0, 0.05) is 0 Å². The van der Waals surface area contributed by atoms with Gasteiger partial charge in [-0.15, -0.1) is 0 Å². The fourth-order valence-corrected chi connectivity index (χ4v) is 8.61. The lowest BCUT2D eigenvalue weighted by molar-refractivity contribution is -0.0587. The number of aromatic nitrogens is 6. The summed E-state index contributed by atoms with van der Waals surface area (Å²) < 4.78 is 50.8. The Kier molecular flexibility index (Phi) is 8.46. The third-order valence-corrected chi connectivity index (χ3v) is 11.4. The van der Waals surface area contributed by atoms with E-state index >= 15 is 0 Å². The van der Waals surface area contributed by atoms with Gasteiger partial charge in [0.05, 0.1) is 53.3 Å². The fourth-order valence-electron chi connectivity index (χ4n) is 5.39. The molecule has 0 saturated carbocycles. The van der Waals surface area contributed by atoms with Crippen molar-refractivity contribution in [3.63, 3.8) is 0 Å². The zero-order valence-corrected chi connectivity index (χ0v) is 27.3. The molecule has 17 nitrogen and oxygen atoms in total. The molecule has 3 aromatic heterocycles. The van der Waals surface area contributed by atoms with Crippen molar-refractivity contribution < 1.29 is 47.2 Å². The van der Waals surface area contributed by atoms with Crippen molar-refractivity contribution in [2.24, 2.45) is 0 Å². The van der Waals surface area contributed by atoms with Gasteiger partial charge in [0.15, 0.2) is 23.6 Å². The molecule has 3 saturated heterocycles. The van der Waals surface area contributed by atoms with Crippen LogP contribution in [0.4, 0.5) is 0 Å². The van der Waals surface area contributed by atoms with Gasteiger partial charge >= 0.3 is 13.5 Å². The predicted octanol–water partition coefficient (Wildman–Crippen LogP) is 2.06. The van der Waals surface area contributed by atoms with E-state index < -0.39 is 81.4 Å². The van der Waals surface area contributed by atoms with Gasteiger partial charge in [0.1, 0.15) is 36.6 Å². The van der Waals surface area contributed by atoms with Crippen LogP contribution in [-0.4, -0.2) is 94.0 Å². The standard InChI is InChI=1S/C22H22Cl2N6O11P2S2/c23-8-1-10-11(2-9(8)24)29(6-27-10)21-16(32)17-13(39-21)4-37-43(35,45)41-18-15(31)12(3-36-42(34,44)40-17)38-22(18)30-7-28-14-19(30)25-5-26-20(14)33/h1-2,5-7,12-13,15-18,21-22,31-32H,3-4H2,(H,34,44)(H,35,45)(H,25,26,33). The number of ether oxygens (including phenoxy) is 2. The highest BCUT2D eigenvalue weighted by Crippen LogP contribution is 2.58. The minimum atomic E-state index is -4.33. The van der Waals surface area contributed by atoms with Crippen LogP contribution in [0.25, 0.3) is 22.2 Å². The van der Waals surface area contributed by atoms with E-state index in [1.165, 1.54) is 27.9 Å². The summed E-state index contributed by atoms with van der Waals surface area (Å²) in [7, 11) is 0. The molecule has 2 bridgehead atoms. The van der Waals surface area contributed by atoms with E-state index in [9.17, 15) is 24.5 Å². The molecule has 0 radical (unpaired) electrons. The van der Waals surface area contributed by atoms with Gasteiger partial charge in [-0.1, -0.05) is 35.5 Å². The molecule has 0 amide bonds. The van der Waals surface area contributed by atoms with Crippen molar-refractivity contribution in [1.29, 1.82) is 0 Å². The first-order chi connectivity index (χ1) is 21.3. The zero-order valence-electron chi connectivity index (χ0n) is 22.3. The molecular formula is C22H22Cl2N6O11P2S2. The molecule has 10 unspecified atom stereocenters. The monoisotopic (exact) mass is 742 g/mol. The van der Waals surface area contributed by atoms with Crippen LogP contribution in [0.5, 0.6) is 0 Å². The van der Waals surface area contributed by atoms with Crippen LogP contribution in [0, 0.1) is 0 Å². The molecule has 0 spiro atoms. The van der Waals surface area contributed by atoms with E-state index in [2.05, 4.69) is 32.2 Å². The smallest absolute Gasteiger partial charge is 0.386 e. The number of imidazole rings is 2. The number of benzene rings is 1. The molecule has 10 atom stereocenters. The van der Waals surface area contributed by atoms with Crippen LogP contribution in [0.15, 0.2) is 35.9 Å². The first-order valence-corrected chi connectivity index (χ1v) is 19.1. The average molecular weight is 743 g/mol. The molecule has 4 aromatic rings. The molecule has 3 fully saturated rings. The SMILES string of the molecule is O=c1[nH]cnc2c1ncn2C1OC2COP(O)(=S)OC3C(COP(=O)(S)OC1C2O)OC(n1cnc2cc(Cl)c(Cl)cc21)C3O. The number of rotatable bonds is 2. The molecule has 45 heavy (non-hydrogen) atoms. The lowest BCUT2D eigenvalue weighted by atomic mass is 10.1. The number of nitrogens with one attached hydrogen (secondary N) is 1. The summed E-state index contributed by atoms with van der Waals surface area (Å²) in [6.07, 6.45) is -6.88.